The maximum atomic E-state index is 11.3. The minimum atomic E-state index is -0.467. The van der Waals surface area contributed by atoms with E-state index in [9.17, 15) is 4.79 Å². The number of rotatable bonds is 3. The molecule has 0 radical (unpaired) electrons. The Balaban J connectivity index is 2.07. The summed E-state index contributed by atoms with van der Waals surface area (Å²) in [6.07, 6.45) is 6.15. The van der Waals surface area contributed by atoms with Gasteiger partial charge in [0, 0.05) is 6.04 Å². The molecule has 5 heteroatoms. The Morgan fingerprint density at radius 3 is 2.72 bits per heavy atom. The first-order valence-corrected chi connectivity index (χ1v) is 6.32. The molecule has 18 heavy (non-hydrogen) atoms. The first kappa shape index (κ1) is 12.7. The number of nitrogens with zero attached hydrogens (tertiary/aromatic N) is 1. The van der Waals surface area contributed by atoms with Crippen LogP contribution in [-0.2, 0) is 4.74 Å². The molecule has 3 N–H and O–H groups in total. The van der Waals surface area contributed by atoms with Crippen molar-refractivity contribution < 1.29 is 9.53 Å². The van der Waals surface area contributed by atoms with E-state index in [2.05, 4.69) is 15.0 Å². The quantitative estimate of drug-likeness (QED) is 0.803. The van der Waals surface area contributed by atoms with Crippen LogP contribution in [0.4, 0.5) is 11.5 Å². The molecule has 98 valence electrons. The third-order valence-corrected chi connectivity index (χ3v) is 3.28. The highest BCUT2D eigenvalue weighted by molar-refractivity contribution is 5.88. The molecule has 0 unspecified atom stereocenters. The number of carbonyl (C=O) groups is 1. The van der Waals surface area contributed by atoms with Gasteiger partial charge in [-0.05, 0) is 25.0 Å². The summed E-state index contributed by atoms with van der Waals surface area (Å²) in [5, 5.41) is 3.39. The first-order chi connectivity index (χ1) is 8.70. The van der Waals surface area contributed by atoms with Crippen LogP contribution in [0, 0.1) is 0 Å². The van der Waals surface area contributed by atoms with E-state index in [-0.39, 0.29) is 5.69 Å². The van der Waals surface area contributed by atoms with Crippen molar-refractivity contribution in [1.29, 1.82) is 0 Å². The van der Waals surface area contributed by atoms with Gasteiger partial charge in [-0.2, -0.15) is 0 Å². The summed E-state index contributed by atoms with van der Waals surface area (Å²) in [5.41, 5.74) is 6.89. The highest BCUT2D eigenvalue weighted by Gasteiger charge is 2.15. The van der Waals surface area contributed by atoms with Crippen LogP contribution in [0.3, 0.4) is 0 Å². The standard InChI is InChI=1S/C13H19N3O2/c1-18-13(17)11-8-7-10(12(14)16-11)15-9-5-3-2-4-6-9/h7-9,15H,2-6H2,1H3,(H2,14,16). The summed E-state index contributed by atoms with van der Waals surface area (Å²) in [6.45, 7) is 0. The number of hydrogen-bond donors (Lipinski definition) is 2. The molecule has 0 spiro atoms. The van der Waals surface area contributed by atoms with Crippen molar-refractivity contribution in [3.63, 3.8) is 0 Å². The van der Waals surface area contributed by atoms with Crippen LogP contribution >= 0.6 is 0 Å². The Labute approximate surface area is 107 Å². The number of nitrogens with one attached hydrogen (secondary N) is 1. The predicted molar refractivity (Wildman–Crippen MR) is 70.5 cm³/mol. The van der Waals surface area contributed by atoms with Crippen LogP contribution < -0.4 is 11.1 Å². The van der Waals surface area contributed by atoms with Gasteiger partial charge in [0.2, 0.25) is 0 Å². The Morgan fingerprint density at radius 2 is 2.11 bits per heavy atom. The lowest BCUT2D eigenvalue weighted by Crippen LogP contribution is -2.23. The van der Waals surface area contributed by atoms with Gasteiger partial charge in [0.15, 0.2) is 5.69 Å². The zero-order valence-electron chi connectivity index (χ0n) is 10.6. The Hall–Kier alpha value is -1.78. The number of hydrogen-bond acceptors (Lipinski definition) is 5. The smallest absolute Gasteiger partial charge is 0.356 e. The zero-order chi connectivity index (χ0) is 13.0. The highest BCUT2D eigenvalue weighted by Crippen LogP contribution is 2.24. The molecular formula is C13H19N3O2. The zero-order valence-corrected chi connectivity index (χ0v) is 10.6. The van der Waals surface area contributed by atoms with E-state index in [0.717, 1.165) is 18.5 Å². The summed E-state index contributed by atoms with van der Waals surface area (Å²) in [4.78, 5) is 15.4. The molecule has 0 aromatic carbocycles. The van der Waals surface area contributed by atoms with E-state index in [0.29, 0.717) is 11.9 Å². The topological polar surface area (TPSA) is 77.2 Å². The van der Waals surface area contributed by atoms with Crippen LogP contribution in [0.15, 0.2) is 12.1 Å². The molecule has 5 nitrogen and oxygen atoms in total. The molecule has 0 bridgehead atoms. The van der Waals surface area contributed by atoms with Crippen LogP contribution in [0.2, 0.25) is 0 Å². The van der Waals surface area contributed by atoms with Crippen molar-refractivity contribution >= 4 is 17.5 Å². The number of nitrogen functional groups attached to an aromatic ring is 1. The summed E-state index contributed by atoms with van der Waals surface area (Å²) in [6, 6.07) is 3.89. The number of carbonyl (C=O) groups excluding carboxylic acids is 1. The SMILES string of the molecule is COC(=O)c1ccc(NC2CCCCC2)c(N)n1. The number of methoxy groups -OCH3 is 1. The Bertz CT molecular complexity index is 428. The van der Waals surface area contributed by atoms with Gasteiger partial charge in [-0.3, -0.25) is 0 Å². The van der Waals surface area contributed by atoms with Gasteiger partial charge in [-0.1, -0.05) is 19.3 Å². The molecule has 0 aliphatic heterocycles. The number of ether oxygens (including phenoxy) is 1. The van der Waals surface area contributed by atoms with Crippen molar-refractivity contribution in [3.05, 3.63) is 17.8 Å². The molecule has 1 saturated carbocycles. The number of pyridine rings is 1. The molecule has 2 rings (SSSR count). The van der Waals surface area contributed by atoms with E-state index in [1.54, 1.807) is 12.1 Å². The highest BCUT2D eigenvalue weighted by atomic mass is 16.5. The van der Waals surface area contributed by atoms with Crippen molar-refractivity contribution in [2.24, 2.45) is 0 Å². The predicted octanol–water partition coefficient (Wildman–Crippen LogP) is 2.19. The molecular weight excluding hydrogens is 230 g/mol. The fourth-order valence-corrected chi connectivity index (χ4v) is 2.28. The molecule has 1 aromatic heterocycles. The van der Waals surface area contributed by atoms with Gasteiger partial charge in [0.1, 0.15) is 5.82 Å². The molecule has 1 aliphatic carbocycles. The second-order valence-corrected chi connectivity index (χ2v) is 4.60. The first-order valence-electron chi connectivity index (χ1n) is 6.32. The van der Waals surface area contributed by atoms with Crippen molar-refractivity contribution in [2.75, 3.05) is 18.2 Å². The minimum absolute atomic E-state index is 0.240. The van der Waals surface area contributed by atoms with Crippen molar-refractivity contribution in [3.8, 4) is 0 Å². The maximum absolute atomic E-state index is 11.3. The average molecular weight is 249 g/mol. The lowest BCUT2D eigenvalue weighted by Gasteiger charge is -2.24. The van der Waals surface area contributed by atoms with Crippen LogP contribution in [0.1, 0.15) is 42.6 Å². The van der Waals surface area contributed by atoms with Crippen LogP contribution in [0.5, 0.6) is 0 Å². The van der Waals surface area contributed by atoms with E-state index in [1.165, 1.54) is 26.4 Å². The van der Waals surface area contributed by atoms with Crippen molar-refractivity contribution in [1.82, 2.24) is 4.98 Å². The second kappa shape index (κ2) is 5.71. The largest absolute Gasteiger partial charge is 0.464 e. The van der Waals surface area contributed by atoms with E-state index < -0.39 is 5.97 Å². The summed E-state index contributed by atoms with van der Waals surface area (Å²) >= 11 is 0. The number of anilines is 2. The molecule has 1 aromatic rings. The second-order valence-electron chi connectivity index (χ2n) is 4.60. The molecule has 0 atom stereocenters. The molecule has 1 aliphatic rings. The van der Waals surface area contributed by atoms with Gasteiger partial charge < -0.3 is 15.8 Å². The lowest BCUT2D eigenvalue weighted by atomic mass is 9.95. The molecule has 1 heterocycles. The van der Waals surface area contributed by atoms with Gasteiger partial charge >= 0.3 is 5.97 Å². The van der Waals surface area contributed by atoms with Gasteiger partial charge in [0.25, 0.3) is 0 Å². The van der Waals surface area contributed by atoms with E-state index in [1.807, 2.05) is 0 Å². The third kappa shape index (κ3) is 2.91. The Morgan fingerprint density at radius 1 is 1.39 bits per heavy atom. The van der Waals surface area contributed by atoms with Crippen LogP contribution in [0.25, 0.3) is 0 Å². The van der Waals surface area contributed by atoms with Crippen LogP contribution in [-0.4, -0.2) is 24.1 Å². The summed E-state index contributed by atoms with van der Waals surface area (Å²) in [7, 11) is 1.33. The summed E-state index contributed by atoms with van der Waals surface area (Å²) < 4.78 is 4.60. The van der Waals surface area contributed by atoms with E-state index in [4.69, 9.17) is 5.73 Å². The number of esters is 1. The molecule has 0 amide bonds. The fraction of sp³-hybridized carbons (Fsp3) is 0.538. The van der Waals surface area contributed by atoms with E-state index >= 15 is 0 Å². The molecule has 0 saturated heterocycles. The lowest BCUT2D eigenvalue weighted by molar-refractivity contribution is 0.0594. The van der Waals surface area contributed by atoms with Gasteiger partial charge in [0.05, 0.1) is 12.8 Å². The molecule has 1 fully saturated rings. The number of nitrogens with two attached hydrogens (primary N) is 1. The minimum Gasteiger partial charge on any atom is -0.464 e. The number of aromatic nitrogens is 1. The van der Waals surface area contributed by atoms with Gasteiger partial charge in [-0.25, -0.2) is 9.78 Å². The third-order valence-electron chi connectivity index (χ3n) is 3.28. The normalized spacial score (nSPS) is 16.3. The fourth-order valence-electron chi connectivity index (χ4n) is 2.28. The van der Waals surface area contributed by atoms with Crippen molar-refractivity contribution in [2.45, 2.75) is 38.1 Å². The Kier molecular flexibility index (Phi) is 4.02. The van der Waals surface area contributed by atoms with Gasteiger partial charge in [-0.15, -0.1) is 0 Å². The average Bonchev–Trinajstić information content (AvgIpc) is 2.41. The monoisotopic (exact) mass is 249 g/mol. The summed E-state index contributed by atoms with van der Waals surface area (Å²) in [5.74, 6) is -0.116. The maximum Gasteiger partial charge on any atom is 0.356 e.